The molecule has 0 spiro atoms. The molecule has 0 fully saturated rings. The molecule has 2 N–H and O–H groups in total. The highest BCUT2D eigenvalue weighted by molar-refractivity contribution is 7.47. The number of phosphoric ester groups is 1. The van der Waals surface area contributed by atoms with Crippen molar-refractivity contribution in [3.05, 3.63) is 48.5 Å². The highest BCUT2D eigenvalue weighted by Gasteiger charge is 2.28. The molecule has 3 aromatic rings. The van der Waals surface area contributed by atoms with Gasteiger partial charge in [-0.15, -0.1) is 0 Å². The standard InChI is InChI=1S/C22H29N4O5P/c1-22(2,3)31-32(27,28)30-15-14-23-21-24-19-9-7-6-8-18(19)20(25-21)26(4)16-10-12-17(29-5)13-11-16/h6-13H,14-15H2,1-5H3,(H,27,28)(H,23,24,25). The molecule has 0 aliphatic heterocycles. The summed E-state index contributed by atoms with van der Waals surface area (Å²) < 4.78 is 27.3. The summed E-state index contributed by atoms with van der Waals surface area (Å²) in [6, 6.07) is 15.4. The topological polar surface area (TPSA) is 106 Å². The minimum absolute atomic E-state index is 0.0519. The number of hydrogen-bond donors (Lipinski definition) is 2. The summed E-state index contributed by atoms with van der Waals surface area (Å²) in [6.07, 6.45) is 0. The van der Waals surface area contributed by atoms with Crippen molar-refractivity contribution in [2.24, 2.45) is 0 Å². The number of rotatable bonds is 9. The van der Waals surface area contributed by atoms with E-state index < -0.39 is 13.4 Å². The predicted octanol–water partition coefficient (Wildman–Crippen LogP) is 4.75. The lowest BCUT2D eigenvalue weighted by molar-refractivity contribution is 0.0634. The van der Waals surface area contributed by atoms with Gasteiger partial charge in [-0.3, -0.25) is 9.05 Å². The number of benzene rings is 2. The number of anilines is 3. The number of nitrogens with zero attached hydrogens (tertiary/aromatic N) is 3. The lowest BCUT2D eigenvalue weighted by atomic mass is 10.2. The van der Waals surface area contributed by atoms with Crippen LogP contribution in [0.25, 0.3) is 10.9 Å². The third-order valence-electron chi connectivity index (χ3n) is 4.39. The summed E-state index contributed by atoms with van der Waals surface area (Å²) >= 11 is 0. The maximum atomic E-state index is 12.0. The van der Waals surface area contributed by atoms with Crippen LogP contribution in [-0.2, 0) is 13.6 Å². The minimum atomic E-state index is -4.15. The Bertz CT molecular complexity index is 1100. The van der Waals surface area contributed by atoms with E-state index in [2.05, 4.69) is 15.3 Å². The lowest BCUT2D eigenvalue weighted by Gasteiger charge is -2.23. The van der Waals surface area contributed by atoms with Gasteiger partial charge in [-0.1, -0.05) is 12.1 Å². The van der Waals surface area contributed by atoms with Crippen molar-refractivity contribution in [1.82, 2.24) is 9.97 Å². The first kappa shape index (κ1) is 23.9. The van der Waals surface area contributed by atoms with Gasteiger partial charge < -0.3 is 19.8 Å². The highest BCUT2D eigenvalue weighted by atomic mass is 31.2. The van der Waals surface area contributed by atoms with E-state index in [4.69, 9.17) is 13.8 Å². The van der Waals surface area contributed by atoms with Gasteiger partial charge in [0.15, 0.2) is 0 Å². The third-order valence-corrected chi connectivity index (χ3v) is 5.68. The summed E-state index contributed by atoms with van der Waals surface area (Å²) in [4.78, 5) is 21.0. The maximum Gasteiger partial charge on any atom is 0.472 e. The van der Waals surface area contributed by atoms with Crippen LogP contribution in [0.2, 0.25) is 0 Å². The normalized spacial score (nSPS) is 13.6. The number of nitrogens with one attached hydrogen (secondary N) is 1. The van der Waals surface area contributed by atoms with Crippen LogP contribution in [0.15, 0.2) is 48.5 Å². The number of hydrogen-bond acceptors (Lipinski definition) is 8. The molecule has 3 rings (SSSR count). The monoisotopic (exact) mass is 460 g/mol. The summed E-state index contributed by atoms with van der Waals surface area (Å²) in [5, 5.41) is 3.95. The van der Waals surface area contributed by atoms with Gasteiger partial charge in [0.1, 0.15) is 11.6 Å². The minimum Gasteiger partial charge on any atom is -0.497 e. The molecule has 0 saturated heterocycles. The summed E-state index contributed by atoms with van der Waals surface area (Å²) in [5.74, 6) is 1.87. The maximum absolute atomic E-state index is 12.0. The Balaban J connectivity index is 1.76. The van der Waals surface area contributed by atoms with E-state index in [0.29, 0.717) is 11.8 Å². The van der Waals surface area contributed by atoms with E-state index in [9.17, 15) is 9.46 Å². The zero-order valence-corrected chi connectivity index (χ0v) is 19.8. The molecule has 32 heavy (non-hydrogen) atoms. The largest absolute Gasteiger partial charge is 0.497 e. The molecule has 10 heteroatoms. The van der Waals surface area contributed by atoms with Crippen LogP contribution in [0, 0.1) is 0 Å². The van der Waals surface area contributed by atoms with Crippen LogP contribution in [0.3, 0.4) is 0 Å². The van der Waals surface area contributed by atoms with Crippen LogP contribution >= 0.6 is 7.82 Å². The Hall–Kier alpha value is -2.71. The molecule has 9 nitrogen and oxygen atoms in total. The molecule has 1 unspecified atom stereocenters. The molecule has 0 saturated carbocycles. The molecule has 1 aromatic heterocycles. The molecule has 0 radical (unpaired) electrons. The number of phosphoric acid groups is 1. The first-order chi connectivity index (χ1) is 15.1. The quantitative estimate of drug-likeness (QED) is 0.346. The first-order valence-electron chi connectivity index (χ1n) is 10.1. The molecule has 172 valence electrons. The molecule has 0 bridgehead atoms. The fraction of sp³-hybridized carbons (Fsp3) is 0.364. The number of para-hydroxylation sites is 1. The average Bonchev–Trinajstić information content (AvgIpc) is 2.74. The second kappa shape index (κ2) is 9.83. The van der Waals surface area contributed by atoms with Crippen molar-refractivity contribution < 1.29 is 23.2 Å². The Morgan fingerprint density at radius 1 is 1.09 bits per heavy atom. The number of ether oxygens (including phenoxy) is 1. The molecular formula is C22H29N4O5P. The molecule has 0 aliphatic carbocycles. The number of methoxy groups -OCH3 is 1. The summed E-state index contributed by atoms with van der Waals surface area (Å²) in [7, 11) is -0.592. The molecular weight excluding hydrogens is 431 g/mol. The Morgan fingerprint density at radius 2 is 1.78 bits per heavy atom. The molecule has 2 aromatic carbocycles. The fourth-order valence-electron chi connectivity index (χ4n) is 3.02. The van der Waals surface area contributed by atoms with Gasteiger partial charge in [-0.05, 0) is 57.2 Å². The van der Waals surface area contributed by atoms with Gasteiger partial charge in [-0.25, -0.2) is 9.55 Å². The van der Waals surface area contributed by atoms with Crippen LogP contribution in [0.5, 0.6) is 5.75 Å². The smallest absolute Gasteiger partial charge is 0.472 e. The van der Waals surface area contributed by atoms with Crippen LogP contribution in [-0.4, -0.2) is 47.8 Å². The second-order valence-electron chi connectivity index (χ2n) is 8.08. The van der Waals surface area contributed by atoms with Crippen molar-refractivity contribution in [3.63, 3.8) is 0 Å². The van der Waals surface area contributed by atoms with Crippen molar-refractivity contribution in [1.29, 1.82) is 0 Å². The van der Waals surface area contributed by atoms with E-state index in [1.807, 2.05) is 60.5 Å². The van der Waals surface area contributed by atoms with E-state index in [0.717, 1.165) is 22.3 Å². The van der Waals surface area contributed by atoms with Gasteiger partial charge >= 0.3 is 7.82 Å². The lowest BCUT2D eigenvalue weighted by Crippen LogP contribution is -2.19. The van der Waals surface area contributed by atoms with Crippen molar-refractivity contribution in [2.45, 2.75) is 26.4 Å². The van der Waals surface area contributed by atoms with E-state index in [1.54, 1.807) is 27.9 Å². The molecule has 1 atom stereocenters. The Kier molecular flexibility index (Phi) is 7.36. The zero-order chi connectivity index (χ0) is 23.4. The van der Waals surface area contributed by atoms with Crippen LogP contribution in [0.4, 0.5) is 17.5 Å². The Morgan fingerprint density at radius 3 is 2.44 bits per heavy atom. The Labute approximate surface area is 188 Å². The highest BCUT2D eigenvalue weighted by Crippen LogP contribution is 2.46. The van der Waals surface area contributed by atoms with Gasteiger partial charge in [0, 0.05) is 24.7 Å². The summed E-state index contributed by atoms with van der Waals surface area (Å²) in [6.45, 7) is 5.22. The van der Waals surface area contributed by atoms with E-state index >= 15 is 0 Å². The van der Waals surface area contributed by atoms with Crippen molar-refractivity contribution >= 4 is 36.2 Å². The number of fused-ring (bicyclic) bond motifs is 1. The van der Waals surface area contributed by atoms with Crippen molar-refractivity contribution in [2.75, 3.05) is 37.5 Å². The van der Waals surface area contributed by atoms with E-state index in [1.165, 1.54) is 0 Å². The molecule has 0 amide bonds. The second-order valence-corrected chi connectivity index (χ2v) is 9.46. The van der Waals surface area contributed by atoms with Crippen molar-refractivity contribution in [3.8, 4) is 5.75 Å². The fourth-order valence-corrected chi connectivity index (χ4v) is 4.09. The number of aromatic nitrogens is 2. The van der Waals surface area contributed by atoms with Crippen LogP contribution < -0.4 is 15.0 Å². The first-order valence-corrected chi connectivity index (χ1v) is 11.6. The van der Waals surface area contributed by atoms with Gasteiger partial charge in [-0.2, -0.15) is 4.98 Å². The molecule has 0 aliphatic rings. The molecule has 1 heterocycles. The predicted molar refractivity (Wildman–Crippen MR) is 126 cm³/mol. The average molecular weight is 460 g/mol. The van der Waals surface area contributed by atoms with E-state index in [-0.39, 0.29) is 13.2 Å². The van der Waals surface area contributed by atoms with Gasteiger partial charge in [0.25, 0.3) is 0 Å². The van der Waals surface area contributed by atoms with Gasteiger partial charge in [0.2, 0.25) is 5.95 Å². The third kappa shape index (κ3) is 6.40. The van der Waals surface area contributed by atoms with Gasteiger partial charge in [0.05, 0.1) is 24.8 Å². The van der Waals surface area contributed by atoms with Crippen LogP contribution in [0.1, 0.15) is 20.8 Å². The zero-order valence-electron chi connectivity index (χ0n) is 18.9. The summed E-state index contributed by atoms with van der Waals surface area (Å²) in [5.41, 5.74) is 0.912. The SMILES string of the molecule is COc1ccc(N(C)c2nc(NCCOP(=O)(O)OC(C)(C)C)nc3ccccc23)cc1.